The van der Waals surface area contributed by atoms with Crippen LogP contribution in [0.15, 0.2) is 29.3 Å². The second-order valence-electron chi connectivity index (χ2n) is 7.04. The Morgan fingerprint density at radius 3 is 2.67 bits per heavy atom. The van der Waals surface area contributed by atoms with Crippen LogP contribution in [0.5, 0.6) is 0 Å². The van der Waals surface area contributed by atoms with E-state index in [0.717, 1.165) is 24.8 Å². The highest BCUT2D eigenvalue weighted by atomic mass is 19.1. The lowest BCUT2D eigenvalue weighted by molar-refractivity contribution is -0.127. The molecule has 2 N–H and O–H groups in total. The van der Waals surface area contributed by atoms with E-state index in [9.17, 15) is 9.18 Å². The SMILES string of the molecule is CCOCCCNC(=NCC(=O)N(C)C)NCC1(c2ccccc2F)CC1. The summed E-state index contributed by atoms with van der Waals surface area (Å²) in [7, 11) is 3.41. The zero-order valence-electron chi connectivity index (χ0n) is 16.6. The first kappa shape index (κ1) is 21.2. The molecule has 0 spiro atoms. The van der Waals surface area contributed by atoms with Crippen LogP contribution < -0.4 is 10.6 Å². The summed E-state index contributed by atoms with van der Waals surface area (Å²) in [6, 6.07) is 6.94. The van der Waals surface area contributed by atoms with Gasteiger partial charge in [0.25, 0.3) is 0 Å². The average molecular weight is 378 g/mol. The number of benzene rings is 1. The molecule has 0 bridgehead atoms. The van der Waals surface area contributed by atoms with Gasteiger partial charge in [0, 0.05) is 45.8 Å². The van der Waals surface area contributed by atoms with Gasteiger partial charge in [-0.1, -0.05) is 18.2 Å². The summed E-state index contributed by atoms with van der Waals surface area (Å²) >= 11 is 0. The molecule has 1 fully saturated rings. The minimum absolute atomic E-state index is 0.0688. The standard InChI is InChI=1S/C20H31FN4O2/c1-4-27-13-7-12-22-19(23-14-18(26)25(2)3)24-15-20(10-11-20)16-8-5-6-9-17(16)21/h5-6,8-9H,4,7,10-15H2,1-3H3,(H2,22,23,24). The molecule has 150 valence electrons. The van der Waals surface area contributed by atoms with Gasteiger partial charge in [-0.2, -0.15) is 0 Å². The average Bonchev–Trinajstić information content (AvgIpc) is 3.44. The lowest BCUT2D eigenvalue weighted by Crippen LogP contribution is -2.42. The number of guanidine groups is 1. The molecule has 0 radical (unpaired) electrons. The van der Waals surface area contributed by atoms with Crippen LogP contribution in [0.3, 0.4) is 0 Å². The first-order valence-corrected chi connectivity index (χ1v) is 9.53. The zero-order valence-corrected chi connectivity index (χ0v) is 16.6. The molecule has 1 aromatic rings. The lowest BCUT2D eigenvalue weighted by atomic mass is 9.95. The fraction of sp³-hybridized carbons (Fsp3) is 0.600. The molecule has 1 aliphatic carbocycles. The van der Waals surface area contributed by atoms with Crippen LogP contribution in [-0.2, 0) is 14.9 Å². The summed E-state index contributed by atoms with van der Waals surface area (Å²) in [5.74, 6) is 0.340. The number of nitrogens with one attached hydrogen (secondary N) is 2. The number of ether oxygens (including phenoxy) is 1. The van der Waals surface area contributed by atoms with E-state index in [1.807, 2.05) is 19.1 Å². The number of rotatable bonds is 10. The second-order valence-corrected chi connectivity index (χ2v) is 7.04. The first-order chi connectivity index (χ1) is 13.0. The molecule has 7 heteroatoms. The van der Waals surface area contributed by atoms with Crippen LogP contribution in [-0.4, -0.2) is 63.7 Å². The van der Waals surface area contributed by atoms with Crippen LogP contribution in [0.2, 0.25) is 0 Å². The fourth-order valence-corrected chi connectivity index (χ4v) is 2.82. The highest BCUT2D eigenvalue weighted by molar-refractivity contribution is 5.84. The van der Waals surface area contributed by atoms with Gasteiger partial charge in [0.1, 0.15) is 12.4 Å². The zero-order chi connectivity index (χ0) is 19.7. The molecule has 0 heterocycles. The Kier molecular flexibility index (Phi) is 8.03. The van der Waals surface area contributed by atoms with Crippen molar-refractivity contribution in [2.75, 3.05) is 46.9 Å². The predicted octanol–water partition coefficient (Wildman–Crippen LogP) is 1.91. The van der Waals surface area contributed by atoms with Gasteiger partial charge in [-0.15, -0.1) is 0 Å². The van der Waals surface area contributed by atoms with Crippen molar-refractivity contribution in [2.24, 2.45) is 4.99 Å². The minimum Gasteiger partial charge on any atom is -0.382 e. The summed E-state index contributed by atoms with van der Waals surface area (Å²) in [6.07, 6.45) is 2.72. The Bertz CT molecular complexity index is 645. The van der Waals surface area contributed by atoms with Crippen LogP contribution in [0.4, 0.5) is 4.39 Å². The molecule has 1 saturated carbocycles. The normalized spacial score (nSPS) is 15.3. The van der Waals surface area contributed by atoms with Crippen molar-refractivity contribution >= 4 is 11.9 Å². The van der Waals surface area contributed by atoms with Gasteiger partial charge >= 0.3 is 0 Å². The van der Waals surface area contributed by atoms with Crippen molar-refractivity contribution in [3.63, 3.8) is 0 Å². The van der Waals surface area contributed by atoms with E-state index in [-0.39, 0.29) is 23.7 Å². The smallest absolute Gasteiger partial charge is 0.243 e. The molecule has 2 rings (SSSR count). The Hall–Kier alpha value is -2.15. The quantitative estimate of drug-likeness (QED) is 0.371. The number of aliphatic imine (C=N–C) groups is 1. The van der Waals surface area contributed by atoms with E-state index in [4.69, 9.17) is 4.74 Å². The van der Waals surface area contributed by atoms with Crippen LogP contribution in [0.1, 0.15) is 31.7 Å². The monoisotopic (exact) mass is 378 g/mol. The summed E-state index contributed by atoms with van der Waals surface area (Å²) in [6.45, 7) is 4.68. The summed E-state index contributed by atoms with van der Waals surface area (Å²) < 4.78 is 19.5. The van der Waals surface area contributed by atoms with Crippen molar-refractivity contribution in [2.45, 2.75) is 31.6 Å². The van der Waals surface area contributed by atoms with Gasteiger partial charge in [-0.05, 0) is 37.8 Å². The molecule has 1 aromatic carbocycles. The third-order valence-electron chi connectivity index (χ3n) is 4.73. The summed E-state index contributed by atoms with van der Waals surface area (Å²) in [4.78, 5) is 17.7. The molecule has 0 unspecified atom stereocenters. The van der Waals surface area contributed by atoms with E-state index in [1.54, 1.807) is 20.2 Å². The number of hydrogen-bond donors (Lipinski definition) is 2. The lowest BCUT2D eigenvalue weighted by Gasteiger charge is -2.20. The molecular weight excluding hydrogens is 347 g/mol. The molecular formula is C20H31FN4O2. The van der Waals surface area contributed by atoms with E-state index < -0.39 is 0 Å². The second kappa shape index (κ2) is 10.3. The van der Waals surface area contributed by atoms with Crippen LogP contribution in [0.25, 0.3) is 0 Å². The summed E-state index contributed by atoms with van der Waals surface area (Å²) in [5.41, 5.74) is 0.558. The molecule has 6 nitrogen and oxygen atoms in total. The summed E-state index contributed by atoms with van der Waals surface area (Å²) in [5, 5.41) is 6.53. The van der Waals surface area contributed by atoms with Crippen molar-refractivity contribution in [3.05, 3.63) is 35.6 Å². The maximum atomic E-state index is 14.2. The number of likely N-dealkylation sites (N-methyl/N-ethyl adjacent to an activating group) is 1. The maximum absolute atomic E-state index is 14.2. The first-order valence-electron chi connectivity index (χ1n) is 9.53. The predicted molar refractivity (Wildman–Crippen MR) is 105 cm³/mol. The topological polar surface area (TPSA) is 66.0 Å². The van der Waals surface area contributed by atoms with Gasteiger partial charge in [0.05, 0.1) is 0 Å². The van der Waals surface area contributed by atoms with Crippen LogP contribution >= 0.6 is 0 Å². The molecule has 0 atom stereocenters. The van der Waals surface area contributed by atoms with Gasteiger partial charge < -0.3 is 20.3 Å². The van der Waals surface area contributed by atoms with Gasteiger partial charge in [0.2, 0.25) is 5.91 Å². The Balaban J connectivity index is 1.95. The van der Waals surface area contributed by atoms with E-state index in [1.165, 1.54) is 11.0 Å². The minimum atomic E-state index is -0.190. The van der Waals surface area contributed by atoms with E-state index in [2.05, 4.69) is 15.6 Å². The van der Waals surface area contributed by atoms with E-state index in [0.29, 0.717) is 32.3 Å². The molecule has 1 amide bonds. The third kappa shape index (κ3) is 6.50. The van der Waals surface area contributed by atoms with Gasteiger partial charge in [0.15, 0.2) is 5.96 Å². The Morgan fingerprint density at radius 1 is 1.30 bits per heavy atom. The molecule has 27 heavy (non-hydrogen) atoms. The highest BCUT2D eigenvalue weighted by Crippen LogP contribution is 2.48. The third-order valence-corrected chi connectivity index (χ3v) is 4.73. The number of nitrogens with zero attached hydrogens (tertiary/aromatic N) is 2. The van der Waals surface area contributed by atoms with Gasteiger partial charge in [-0.25, -0.2) is 9.38 Å². The molecule has 0 aliphatic heterocycles. The molecule has 0 aromatic heterocycles. The number of carbonyl (C=O) groups excluding carboxylic acids is 1. The number of halogens is 1. The largest absolute Gasteiger partial charge is 0.382 e. The van der Waals surface area contributed by atoms with Crippen LogP contribution in [0, 0.1) is 5.82 Å². The van der Waals surface area contributed by atoms with Crippen molar-refractivity contribution in [1.82, 2.24) is 15.5 Å². The Labute approximate surface area is 161 Å². The molecule has 1 aliphatic rings. The van der Waals surface area contributed by atoms with Crippen molar-refractivity contribution < 1.29 is 13.9 Å². The van der Waals surface area contributed by atoms with Gasteiger partial charge in [-0.3, -0.25) is 4.79 Å². The highest BCUT2D eigenvalue weighted by Gasteiger charge is 2.45. The Morgan fingerprint density at radius 2 is 2.04 bits per heavy atom. The fourth-order valence-electron chi connectivity index (χ4n) is 2.82. The number of amides is 1. The maximum Gasteiger partial charge on any atom is 0.243 e. The van der Waals surface area contributed by atoms with Crippen molar-refractivity contribution in [3.8, 4) is 0 Å². The molecule has 0 saturated heterocycles. The number of hydrogen-bond acceptors (Lipinski definition) is 3. The van der Waals surface area contributed by atoms with Crippen molar-refractivity contribution in [1.29, 1.82) is 0 Å². The van der Waals surface area contributed by atoms with E-state index >= 15 is 0 Å². The number of carbonyl (C=O) groups is 1.